The topological polar surface area (TPSA) is 85.5 Å². The number of amides is 2. The van der Waals surface area contributed by atoms with Gasteiger partial charge in [0.1, 0.15) is 5.50 Å². The molecule has 0 bridgehead atoms. The van der Waals surface area contributed by atoms with E-state index in [0.717, 1.165) is 39.0 Å². The Morgan fingerprint density at radius 2 is 1.83 bits per heavy atom. The van der Waals surface area contributed by atoms with Crippen LogP contribution in [0.1, 0.15) is 38.5 Å². The third-order valence-electron chi connectivity index (χ3n) is 8.38. The second kappa shape index (κ2) is 7.39. The first-order valence-corrected chi connectivity index (χ1v) is 12.6. The van der Waals surface area contributed by atoms with Crippen molar-refractivity contribution in [1.29, 1.82) is 0 Å². The van der Waals surface area contributed by atoms with Crippen LogP contribution in [0.5, 0.6) is 0 Å². The lowest BCUT2D eigenvalue weighted by Crippen LogP contribution is -2.54. The van der Waals surface area contributed by atoms with Crippen molar-refractivity contribution in [3.8, 4) is 0 Å². The molecular weight excluding hydrogens is 386 g/mol. The lowest BCUT2D eigenvalue weighted by Gasteiger charge is -2.35. The zero-order chi connectivity index (χ0) is 19.5. The van der Waals surface area contributed by atoms with Crippen LogP contribution < -0.4 is 21.3 Å². The van der Waals surface area contributed by atoms with E-state index in [0.29, 0.717) is 41.0 Å². The average Bonchev–Trinajstić information content (AvgIpc) is 3.15. The number of carbonyl (C=O) groups is 2. The van der Waals surface area contributed by atoms with Gasteiger partial charge >= 0.3 is 0 Å². The summed E-state index contributed by atoms with van der Waals surface area (Å²) in [7, 11) is 0. The zero-order valence-electron chi connectivity index (χ0n) is 16.9. The predicted molar refractivity (Wildman–Crippen MR) is 112 cm³/mol. The molecule has 0 aromatic carbocycles. The summed E-state index contributed by atoms with van der Waals surface area (Å²) in [6, 6.07) is 0.987. The van der Waals surface area contributed by atoms with E-state index in [4.69, 9.17) is 0 Å². The molecule has 4 aliphatic heterocycles. The molecule has 0 aromatic heterocycles. The number of carbonyl (C=O) groups excluding carboxylic acids is 2. The Morgan fingerprint density at radius 1 is 1.00 bits per heavy atom. The summed E-state index contributed by atoms with van der Waals surface area (Å²) in [5, 5.41) is 14.2. The van der Waals surface area contributed by atoms with Crippen LogP contribution in [0.2, 0.25) is 0 Å². The highest BCUT2D eigenvalue weighted by atomic mass is 32.2. The van der Waals surface area contributed by atoms with Crippen LogP contribution in [-0.2, 0) is 9.59 Å². The SMILES string of the molecule is O=C(NC1NC2CCN(C(=O)C3CC4CCCCC4N3)CC2S1)C1[C@H]2CNC[C@@H]12. The first-order chi connectivity index (χ1) is 14.2. The van der Waals surface area contributed by atoms with Crippen molar-refractivity contribution in [3.63, 3.8) is 0 Å². The van der Waals surface area contributed by atoms with Crippen LogP contribution in [0.4, 0.5) is 0 Å². The quantitative estimate of drug-likeness (QED) is 0.518. The highest BCUT2D eigenvalue weighted by Gasteiger charge is 2.57. The molecule has 2 aliphatic carbocycles. The number of rotatable bonds is 3. The Bertz CT molecular complexity index is 668. The third-order valence-corrected chi connectivity index (χ3v) is 9.73. The summed E-state index contributed by atoms with van der Waals surface area (Å²) in [5.41, 5.74) is -0.00527. The standard InChI is InChI=1S/C21H33N5O2S/c27-19(18-12-8-22-9-13(12)18)25-21-24-15-5-6-26(10-17(15)29-21)20(28)16-7-11-3-1-2-4-14(11)23-16/h11-18,21-24H,1-10H2,(H,25,27)/t11?,12-,13+,14?,15?,16?,17?,18?,21?. The van der Waals surface area contributed by atoms with Crippen LogP contribution in [0.15, 0.2) is 0 Å². The van der Waals surface area contributed by atoms with Crippen molar-refractivity contribution in [2.75, 3.05) is 26.2 Å². The third kappa shape index (κ3) is 3.40. The number of nitrogens with zero attached hydrogens (tertiary/aromatic N) is 1. The van der Waals surface area contributed by atoms with Crippen molar-refractivity contribution in [3.05, 3.63) is 0 Å². The first kappa shape index (κ1) is 18.9. The summed E-state index contributed by atoms with van der Waals surface area (Å²) < 4.78 is 0. The van der Waals surface area contributed by atoms with Crippen LogP contribution in [0, 0.1) is 23.7 Å². The minimum atomic E-state index is -0.00527. The minimum Gasteiger partial charge on any atom is -0.340 e. The normalized spacial score (nSPS) is 48.0. The summed E-state index contributed by atoms with van der Waals surface area (Å²) in [6.45, 7) is 3.63. The molecule has 9 atom stereocenters. The van der Waals surface area contributed by atoms with Gasteiger partial charge in [0.25, 0.3) is 0 Å². The van der Waals surface area contributed by atoms with Gasteiger partial charge in [0.15, 0.2) is 0 Å². The van der Waals surface area contributed by atoms with E-state index in [-0.39, 0.29) is 23.4 Å². The maximum atomic E-state index is 13.2. The van der Waals surface area contributed by atoms with E-state index in [9.17, 15) is 9.59 Å². The number of hydrogen-bond acceptors (Lipinski definition) is 6. The number of hydrogen-bond donors (Lipinski definition) is 4. The van der Waals surface area contributed by atoms with E-state index in [2.05, 4.69) is 26.2 Å². The second-order valence-corrected chi connectivity index (χ2v) is 11.4. The molecule has 2 amide bonds. The summed E-state index contributed by atoms with van der Waals surface area (Å²) in [6.07, 6.45) is 7.15. The highest BCUT2D eigenvalue weighted by Crippen LogP contribution is 2.49. The van der Waals surface area contributed by atoms with Crippen LogP contribution in [0.3, 0.4) is 0 Å². The number of nitrogens with one attached hydrogen (secondary N) is 4. The van der Waals surface area contributed by atoms with Crippen LogP contribution in [-0.4, -0.2) is 71.8 Å². The Kier molecular flexibility index (Phi) is 4.82. The Morgan fingerprint density at radius 3 is 2.66 bits per heavy atom. The van der Waals surface area contributed by atoms with Crippen molar-refractivity contribution in [1.82, 2.24) is 26.2 Å². The molecule has 0 spiro atoms. The van der Waals surface area contributed by atoms with E-state index in [1.807, 2.05) is 11.8 Å². The average molecular weight is 420 g/mol. The van der Waals surface area contributed by atoms with Gasteiger partial charge < -0.3 is 20.9 Å². The van der Waals surface area contributed by atoms with Gasteiger partial charge in [0, 0.05) is 36.3 Å². The van der Waals surface area contributed by atoms with E-state index < -0.39 is 0 Å². The Balaban J connectivity index is 1.02. The summed E-state index contributed by atoms with van der Waals surface area (Å²) >= 11 is 1.81. The van der Waals surface area contributed by atoms with Gasteiger partial charge in [-0.15, -0.1) is 11.8 Å². The van der Waals surface area contributed by atoms with E-state index in [1.54, 1.807) is 0 Å². The Labute approximate surface area is 176 Å². The van der Waals surface area contributed by atoms with Gasteiger partial charge in [-0.3, -0.25) is 14.9 Å². The molecule has 4 heterocycles. The molecule has 29 heavy (non-hydrogen) atoms. The maximum absolute atomic E-state index is 13.2. The molecule has 0 radical (unpaired) electrons. The fourth-order valence-electron chi connectivity index (χ4n) is 6.69. The fraction of sp³-hybridized carbons (Fsp3) is 0.905. The molecule has 8 heteroatoms. The predicted octanol–water partition coefficient (Wildman–Crippen LogP) is 0.0782. The van der Waals surface area contributed by atoms with Gasteiger partial charge in [-0.25, -0.2) is 0 Å². The smallest absolute Gasteiger partial charge is 0.239 e. The molecule has 6 fully saturated rings. The van der Waals surface area contributed by atoms with Gasteiger partial charge in [-0.1, -0.05) is 12.8 Å². The zero-order valence-corrected chi connectivity index (χ0v) is 17.8. The monoisotopic (exact) mass is 419 g/mol. The molecule has 6 rings (SSSR count). The van der Waals surface area contributed by atoms with Crippen LogP contribution >= 0.6 is 11.8 Å². The molecule has 0 aromatic rings. The highest BCUT2D eigenvalue weighted by molar-refractivity contribution is 8.00. The van der Waals surface area contributed by atoms with Gasteiger partial charge in [0.2, 0.25) is 11.8 Å². The lowest BCUT2D eigenvalue weighted by molar-refractivity contribution is -0.134. The van der Waals surface area contributed by atoms with E-state index in [1.165, 1.54) is 25.7 Å². The summed E-state index contributed by atoms with van der Waals surface area (Å²) in [5.74, 6) is 2.56. The molecule has 2 saturated carbocycles. The van der Waals surface area contributed by atoms with Crippen molar-refractivity contribution < 1.29 is 9.59 Å². The molecule has 6 aliphatic rings. The lowest BCUT2D eigenvalue weighted by atomic mass is 9.85. The van der Waals surface area contributed by atoms with Crippen LogP contribution in [0.25, 0.3) is 0 Å². The molecule has 7 nitrogen and oxygen atoms in total. The second-order valence-electron chi connectivity index (χ2n) is 10.0. The van der Waals surface area contributed by atoms with Gasteiger partial charge in [-0.05, 0) is 56.5 Å². The van der Waals surface area contributed by atoms with Crippen molar-refractivity contribution in [2.45, 2.75) is 67.4 Å². The fourth-order valence-corrected chi connectivity index (χ4v) is 8.15. The molecule has 4 N–H and O–H groups in total. The summed E-state index contributed by atoms with van der Waals surface area (Å²) in [4.78, 5) is 27.8. The molecule has 4 saturated heterocycles. The van der Waals surface area contributed by atoms with Crippen molar-refractivity contribution in [2.24, 2.45) is 23.7 Å². The largest absolute Gasteiger partial charge is 0.340 e. The van der Waals surface area contributed by atoms with Gasteiger partial charge in [-0.2, -0.15) is 0 Å². The number of thioether (sulfide) groups is 1. The Hall–Kier alpha value is -0.830. The first-order valence-electron chi connectivity index (χ1n) is 11.6. The van der Waals surface area contributed by atoms with Crippen molar-refractivity contribution >= 4 is 23.6 Å². The molecule has 7 unspecified atom stereocenters. The molecular formula is C21H33N5O2S. The molecule has 160 valence electrons. The van der Waals surface area contributed by atoms with Gasteiger partial charge in [0.05, 0.1) is 6.04 Å². The number of fused-ring (bicyclic) bond motifs is 3. The number of likely N-dealkylation sites (tertiary alicyclic amines) is 1. The minimum absolute atomic E-state index is 0.00527. The maximum Gasteiger partial charge on any atom is 0.239 e. The number of piperidine rings is 2. The van der Waals surface area contributed by atoms with E-state index >= 15 is 0 Å².